The summed E-state index contributed by atoms with van der Waals surface area (Å²) in [5.74, 6) is 0.449. The lowest BCUT2D eigenvalue weighted by Crippen LogP contribution is -2.52. The van der Waals surface area contributed by atoms with E-state index in [9.17, 15) is 4.79 Å². The van der Waals surface area contributed by atoms with Crippen LogP contribution in [0.5, 0.6) is 0 Å². The van der Waals surface area contributed by atoms with Gasteiger partial charge in [0.2, 0.25) is 0 Å². The largest absolute Gasteiger partial charge is 0.465 e. The highest BCUT2D eigenvalue weighted by molar-refractivity contribution is 5.80. The van der Waals surface area contributed by atoms with Gasteiger partial charge in [0, 0.05) is 13.0 Å². The highest BCUT2D eigenvalue weighted by Crippen LogP contribution is 2.17. The van der Waals surface area contributed by atoms with Crippen molar-refractivity contribution in [2.45, 2.75) is 72.4 Å². The van der Waals surface area contributed by atoms with Crippen molar-refractivity contribution < 1.29 is 14.3 Å². The Morgan fingerprint density at radius 1 is 1.25 bits per heavy atom. The summed E-state index contributed by atoms with van der Waals surface area (Å²) in [6, 6.07) is 0. The van der Waals surface area contributed by atoms with E-state index in [4.69, 9.17) is 9.47 Å². The Morgan fingerprint density at radius 2 is 1.90 bits per heavy atom. The predicted octanol–water partition coefficient (Wildman–Crippen LogP) is 3.15. The van der Waals surface area contributed by atoms with E-state index in [0.29, 0.717) is 18.9 Å². The van der Waals surface area contributed by atoms with Crippen molar-refractivity contribution in [3.05, 3.63) is 0 Å². The van der Waals surface area contributed by atoms with E-state index in [1.165, 1.54) is 0 Å². The number of rotatable bonds is 11. The molecule has 0 aromatic rings. The Bertz CT molecular complexity index is 268. The monoisotopic (exact) mass is 287 g/mol. The fourth-order valence-electron chi connectivity index (χ4n) is 2.06. The van der Waals surface area contributed by atoms with E-state index < -0.39 is 5.54 Å². The van der Waals surface area contributed by atoms with Crippen molar-refractivity contribution >= 4 is 5.97 Å². The fraction of sp³-hybridized carbons (Fsp3) is 0.938. The van der Waals surface area contributed by atoms with Gasteiger partial charge in [-0.15, -0.1) is 0 Å². The van der Waals surface area contributed by atoms with Crippen LogP contribution in [0.4, 0.5) is 0 Å². The molecule has 4 heteroatoms. The van der Waals surface area contributed by atoms with E-state index in [2.05, 4.69) is 26.1 Å². The minimum absolute atomic E-state index is 0.0347. The van der Waals surface area contributed by atoms with Crippen molar-refractivity contribution in [3.8, 4) is 0 Å². The highest BCUT2D eigenvalue weighted by atomic mass is 16.5. The van der Waals surface area contributed by atoms with Crippen LogP contribution in [0.1, 0.15) is 60.8 Å². The summed E-state index contributed by atoms with van der Waals surface area (Å²) in [5, 5.41) is 3.31. The second-order valence-corrected chi connectivity index (χ2v) is 6.05. The maximum atomic E-state index is 12.1. The molecule has 0 bridgehead atoms. The minimum Gasteiger partial charge on any atom is -0.465 e. The molecule has 0 saturated carbocycles. The smallest absolute Gasteiger partial charge is 0.326 e. The van der Waals surface area contributed by atoms with Crippen LogP contribution in [0.2, 0.25) is 0 Å². The molecule has 0 saturated heterocycles. The SMILES string of the molecule is CCCNC(C)(CC(C)OCCC(C)C)C(=O)OCC. The van der Waals surface area contributed by atoms with Crippen LogP contribution in [0.15, 0.2) is 0 Å². The van der Waals surface area contributed by atoms with Crippen LogP contribution >= 0.6 is 0 Å². The lowest BCUT2D eigenvalue weighted by Gasteiger charge is -2.31. The maximum Gasteiger partial charge on any atom is 0.326 e. The Balaban J connectivity index is 4.43. The van der Waals surface area contributed by atoms with Gasteiger partial charge in [0.1, 0.15) is 5.54 Å². The van der Waals surface area contributed by atoms with E-state index in [1.54, 1.807) is 0 Å². The lowest BCUT2D eigenvalue weighted by molar-refractivity contribution is -0.152. The van der Waals surface area contributed by atoms with Gasteiger partial charge in [-0.1, -0.05) is 20.8 Å². The average Bonchev–Trinajstić information content (AvgIpc) is 2.36. The van der Waals surface area contributed by atoms with E-state index in [0.717, 1.165) is 26.0 Å². The van der Waals surface area contributed by atoms with Crippen LogP contribution in [0, 0.1) is 5.92 Å². The first kappa shape index (κ1) is 19.4. The zero-order valence-corrected chi connectivity index (χ0v) is 14.1. The normalized spacial score (nSPS) is 15.9. The molecule has 0 spiro atoms. The van der Waals surface area contributed by atoms with Crippen molar-refractivity contribution in [1.29, 1.82) is 0 Å². The van der Waals surface area contributed by atoms with Crippen molar-refractivity contribution in [2.75, 3.05) is 19.8 Å². The van der Waals surface area contributed by atoms with Gasteiger partial charge in [0.15, 0.2) is 0 Å². The quantitative estimate of drug-likeness (QED) is 0.593. The first-order chi connectivity index (χ1) is 9.35. The standard InChI is InChI=1S/C16H33NO3/c1-7-10-17-16(6,15(18)19-8-2)12-14(5)20-11-9-13(3)4/h13-14,17H,7-12H2,1-6H3. The molecule has 4 nitrogen and oxygen atoms in total. The summed E-state index contributed by atoms with van der Waals surface area (Å²) in [4.78, 5) is 12.1. The van der Waals surface area contributed by atoms with E-state index in [1.807, 2.05) is 20.8 Å². The second-order valence-electron chi connectivity index (χ2n) is 6.05. The van der Waals surface area contributed by atoms with E-state index >= 15 is 0 Å². The number of esters is 1. The summed E-state index contributed by atoms with van der Waals surface area (Å²) in [5.41, 5.74) is -0.663. The third-order valence-electron chi connectivity index (χ3n) is 3.28. The Kier molecular flexibility index (Phi) is 9.86. The van der Waals surface area contributed by atoms with Gasteiger partial charge in [-0.05, 0) is 46.1 Å². The first-order valence-electron chi connectivity index (χ1n) is 7.89. The Morgan fingerprint density at radius 3 is 2.40 bits per heavy atom. The topological polar surface area (TPSA) is 47.6 Å². The van der Waals surface area contributed by atoms with Crippen LogP contribution in [-0.4, -0.2) is 37.4 Å². The van der Waals surface area contributed by atoms with Gasteiger partial charge >= 0.3 is 5.97 Å². The molecule has 2 atom stereocenters. The van der Waals surface area contributed by atoms with Crippen molar-refractivity contribution in [1.82, 2.24) is 5.32 Å². The van der Waals surface area contributed by atoms with Gasteiger partial charge in [-0.2, -0.15) is 0 Å². The third-order valence-corrected chi connectivity index (χ3v) is 3.28. The van der Waals surface area contributed by atoms with Gasteiger partial charge in [-0.25, -0.2) is 0 Å². The summed E-state index contributed by atoms with van der Waals surface area (Å²) in [6.45, 7) is 14.2. The molecule has 1 N–H and O–H groups in total. The summed E-state index contributed by atoms with van der Waals surface area (Å²) in [7, 11) is 0. The number of hydrogen-bond donors (Lipinski definition) is 1. The van der Waals surface area contributed by atoms with Gasteiger partial charge in [-0.3, -0.25) is 4.79 Å². The van der Waals surface area contributed by atoms with Crippen molar-refractivity contribution in [2.24, 2.45) is 5.92 Å². The van der Waals surface area contributed by atoms with Gasteiger partial charge in [0.25, 0.3) is 0 Å². The summed E-state index contributed by atoms with van der Waals surface area (Å²) < 4.78 is 11.0. The molecule has 2 unspecified atom stereocenters. The summed E-state index contributed by atoms with van der Waals surface area (Å²) in [6.07, 6.45) is 2.69. The maximum absolute atomic E-state index is 12.1. The molecule has 0 heterocycles. The highest BCUT2D eigenvalue weighted by Gasteiger charge is 2.35. The first-order valence-corrected chi connectivity index (χ1v) is 7.89. The molecule has 0 aromatic carbocycles. The fourth-order valence-corrected chi connectivity index (χ4v) is 2.06. The van der Waals surface area contributed by atoms with Gasteiger partial charge in [0.05, 0.1) is 12.7 Å². The van der Waals surface area contributed by atoms with Crippen LogP contribution < -0.4 is 5.32 Å². The summed E-state index contributed by atoms with van der Waals surface area (Å²) >= 11 is 0. The van der Waals surface area contributed by atoms with E-state index in [-0.39, 0.29) is 12.1 Å². The minimum atomic E-state index is -0.663. The number of nitrogens with one attached hydrogen (secondary N) is 1. The second kappa shape index (κ2) is 10.2. The lowest BCUT2D eigenvalue weighted by atomic mass is 9.94. The molecule has 20 heavy (non-hydrogen) atoms. The molecule has 0 aliphatic carbocycles. The zero-order chi connectivity index (χ0) is 15.6. The molecule has 0 amide bonds. The zero-order valence-electron chi connectivity index (χ0n) is 14.1. The van der Waals surface area contributed by atoms with Gasteiger partial charge < -0.3 is 14.8 Å². The molecule has 0 rings (SSSR count). The predicted molar refractivity (Wildman–Crippen MR) is 82.8 cm³/mol. The van der Waals surface area contributed by atoms with Crippen molar-refractivity contribution in [3.63, 3.8) is 0 Å². The van der Waals surface area contributed by atoms with Crippen LogP contribution in [-0.2, 0) is 14.3 Å². The van der Waals surface area contributed by atoms with Crippen LogP contribution in [0.25, 0.3) is 0 Å². The molecule has 0 radical (unpaired) electrons. The molecule has 0 aromatic heterocycles. The number of ether oxygens (including phenoxy) is 2. The average molecular weight is 287 g/mol. The number of carbonyl (C=O) groups excluding carboxylic acids is 1. The number of hydrogen-bond acceptors (Lipinski definition) is 4. The Labute approximate surface area is 124 Å². The Hall–Kier alpha value is -0.610. The molecular weight excluding hydrogens is 254 g/mol. The van der Waals surface area contributed by atoms with Crippen LogP contribution in [0.3, 0.4) is 0 Å². The molecule has 0 aliphatic rings. The third kappa shape index (κ3) is 7.85. The molecule has 120 valence electrons. The number of carbonyl (C=O) groups is 1. The molecule has 0 fully saturated rings. The molecule has 0 aliphatic heterocycles. The molecular formula is C16H33NO3.